The maximum Gasteiger partial charge on any atom is 0.180 e. The number of Topliss-reactive ketones (excluding diaryl/α,β-unsaturated/α-hetero) is 1. The van der Waals surface area contributed by atoms with Crippen LogP contribution >= 0.6 is 11.6 Å². The molecule has 0 heterocycles. The maximum absolute atomic E-state index is 13.4. The normalized spacial score (nSPS) is 10.3. The summed E-state index contributed by atoms with van der Waals surface area (Å²) in [5.41, 5.74) is 0.448. The fourth-order valence-electron chi connectivity index (χ4n) is 1.48. The Bertz CT molecular complexity index is 421. The van der Waals surface area contributed by atoms with Gasteiger partial charge in [0.1, 0.15) is 11.6 Å². The Morgan fingerprint density at radius 2 is 2.25 bits per heavy atom. The van der Waals surface area contributed by atoms with E-state index < -0.39 is 5.82 Å². The number of rotatable bonds is 4. The van der Waals surface area contributed by atoms with Crippen LogP contribution in [0.25, 0.3) is 0 Å². The van der Waals surface area contributed by atoms with Crippen molar-refractivity contribution in [3.8, 4) is 5.75 Å². The van der Waals surface area contributed by atoms with Crippen molar-refractivity contribution in [2.75, 3.05) is 20.7 Å². The first-order chi connectivity index (χ1) is 7.52. The molecule has 0 aliphatic carbocycles. The Morgan fingerprint density at radius 3 is 2.75 bits per heavy atom. The van der Waals surface area contributed by atoms with Crippen molar-refractivity contribution in [1.29, 1.82) is 0 Å². The van der Waals surface area contributed by atoms with Crippen molar-refractivity contribution < 1.29 is 13.9 Å². The van der Waals surface area contributed by atoms with E-state index in [1.165, 1.54) is 14.0 Å². The topological polar surface area (TPSA) is 38.3 Å². The van der Waals surface area contributed by atoms with Crippen molar-refractivity contribution in [2.24, 2.45) is 0 Å². The van der Waals surface area contributed by atoms with Gasteiger partial charge >= 0.3 is 0 Å². The number of halogens is 2. The quantitative estimate of drug-likeness (QED) is 0.827. The van der Waals surface area contributed by atoms with Gasteiger partial charge in [-0.3, -0.25) is 4.79 Å². The van der Waals surface area contributed by atoms with Gasteiger partial charge in [-0.15, -0.1) is 0 Å². The SMILES string of the molecule is CNCC(=O)c1c(C)c(F)cc(Cl)c1OC. The number of hydrogen-bond acceptors (Lipinski definition) is 3. The van der Waals surface area contributed by atoms with E-state index in [9.17, 15) is 9.18 Å². The molecular formula is C11H13ClFNO2. The van der Waals surface area contributed by atoms with Crippen LogP contribution in [0.1, 0.15) is 15.9 Å². The zero-order valence-corrected chi connectivity index (χ0v) is 10.1. The fraction of sp³-hybridized carbons (Fsp3) is 0.364. The highest BCUT2D eigenvalue weighted by atomic mass is 35.5. The summed E-state index contributed by atoms with van der Waals surface area (Å²) in [6, 6.07) is 1.14. The van der Waals surface area contributed by atoms with E-state index in [1.807, 2.05) is 0 Å². The monoisotopic (exact) mass is 245 g/mol. The van der Waals surface area contributed by atoms with Gasteiger partial charge < -0.3 is 10.1 Å². The maximum atomic E-state index is 13.4. The molecule has 1 rings (SSSR count). The van der Waals surface area contributed by atoms with Crippen LogP contribution in [-0.4, -0.2) is 26.5 Å². The minimum atomic E-state index is -0.509. The molecular weight excluding hydrogens is 233 g/mol. The Labute approximate surface area is 98.5 Å². The number of likely N-dealkylation sites (N-methyl/N-ethyl adjacent to an activating group) is 1. The highest BCUT2D eigenvalue weighted by Crippen LogP contribution is 2.33. The third-order valence-electron chi connectivity index (χ3n) is 2.25. The molecule has 0 saturated heterocycles. The van der Waals surface area contributed by atoms with Crippen molar-refractivity contribution in [1.82, 2.24) is 5.32 Å². The van der Waals surface area contributed by atoms with Gasteiger partial charge in [0, 0.05) is 0 Å². The van der Waals surface area contributed by atoms with E-state index in [0.29, 0.717) is 0 Å². The largest absolute Gasteiger partial charge is 0.494 e. The van der Waals surface area contributed by atoms with Crippen LogP contribution in [0.4, 0.5) is 4.39 Å². The zero-order valence-electron chi connectivity index (χ0n) is 9.36. The molecule has 0 aliphatic heterocycles. The lowest BCUT2D eigenvalue weighted by Crippen LogP contribution is -2.20. The van der Waals surface area contributed by atoms with E-state index in [-0.39, 0.29) is 34.2 Å². The first-order valence-electron chi connectivity index (χ1n) is 4.73. The van der Waals surface area contributed by atoms with Gasteiger partial charge in [0.15, 0.2) is 5.78 Å². The van der Waals surface area contributed by atoms with E-state index in [2.05, 4.69) is 5.32 Å². The van der Waals surface area contributed by atoms with Gasteiger partial charge in [0.05, 0.1) is 24.2 Å². The Kier molecular flexibility index (Phi) is 4.26. The molecule has 3 nitrogen and oxygen atoms in total. The average molecular weight is 246 g/mol. The number of carbonyl (C=O) groups excluding carboxylic acids is 1. The minimum absolute atomic E-state index is 0.102. The van der Waals surface area contributed by atoms with Gasteiger partial charge in [-0.2, -0.15) is 0 Å². The lowest BCUT2D eigenvalue weighted by Gasteiger charge is -2.13. The van der Waals surface area contributed by atoms with Crippen LogP contribution in [0.2, 0.25) is 5.02 Å². The summed E-state index contributed by atoms with van der Waals surface area (Å²) in [5.74, 6) is -0.538. The zero-order chi connectivity index (χ0) is 12.3. The number of ketones is 1. The molecule has 0 radical (unpaired) electrons. The first kappa shape index (κ1) is 12.9. The van der Waals surface area contributed by atoms with Crippen LogP contribution in [0.5, 0.6) is 5.75 Å². The number of hydrogen-bond donors (Lipinski definition) is 1. The van der Waals surface area contributed by atoms with Gasteiger partial charge in [0.25, 0.3) is 0 Å². The van der Waals surface area contributed by atoms with E-state index in [0.717, 1.165) is 6.07 Å². The molecule has 0 amide bonds. The molecule has 1 aromatic rings. The van der Waals surface area contributed by atoms with E-state index >= 15 is 0 Å². The summed E-state index contributed by atoms with van der Waals surface area (Å²) in [6.45, 7) is 1.63. The molecule has 0 bridgehead atoms. The molecule has 0 atom stereocenters. The third kappa shape index (κ3) is 2.33. The number of methoxy groups -OCH3 is 1. The van der Waals surface area contributed by atoms with Gasteiger partial charge in [0.2, 0.25) is 0 Å². The Hall–Kier alpha value is -1.13. The molecule has 1 N–H and O–H groups in total. The van der Waals surface area contributed by atoms with Crippen LogP contribution < -0.4 is 10.1 Å². The summed E-state index contributed by atoms with van der Waals surface area (Å²) in [4.78, 5) is 11.8. The number of carbonyl (C=O) groups is 1. The van der Waals surface area contributed by atoms with Crippen LogP contribution in [0.3, 0.4) is 0 Å². The molecule has 88 valence electrons. The van der Waals surface area contributed by atoms with Crippen molar-refractivity contribution in [3.05, 3.63) is 28.0 Å². The summed E-state index contributed by atoms with van der Waals surface area (Å²) in [5, 5.41) is 2.81. The summed E-state index contributed by atoms with van der Waals surface area (Å²) < 4.78 is 18.5. The first-order valence-corrected chi connectivity index (χ1v) is 5.11. The minimum Gasteiger partial charge on any atom is -0.494 e. The second-order valence-corrected chi connectivity index (χ2v) is 3.73. The Balaban J connectivity index is 3.38. The fourth-order valence-corrected chi connectivity index (χ4v) is 1.75. The predicted molar refractivity (Wildman–Crippen MR) is 61.0 cm³/mol. The van der Waals surface area contributed by atoms with Crippen LogP contribution in [0.15, 0.2) is 6.07 Å². The molecule has 0 saturated carbocycles. The van der Waals surface area contributed by atoms with Crippen molar-refractivity contribution >= 4 is 17.4 Å². The second-order valence-electron chi connectivity index (χ2n) is 3.33. The van der Waals surface area contributed by atoms with Gasteiger partial charge in [-0.05, 0) is 25.6 Å². The lowest BCUT2D eigenvalue weighted by atomic mass is 10.0. The molecule has 1 aromatic carbocycles. The smallest absolute Gasteiger partial charge is 0.180 e. The van der Waals surface area contributed by atoms with Crippen LogP contribution in [-0.2, 0) is 0 Å². The molecule has 5 heteroatoms. The highest BCUT2D eigenvalue weighted by Gasteiger charge is 2.20. The molecule has 0 aliphatic rings. The predicted octanol–water partition coefficient (Wildman–Crippen LogP) is 2.20. The van der Waals surface area contributed by atoms with Crippen LogP contribution in [0, 0.1) is 12.7 Å². The second kappa shape index (κ2) is 5.27. The van der Waals surface area contributed by atoms with E-state index in [4.69, 9.17) is 16.3 Å². The third-order valence-corrected chi connectivity index (χ3v) is 2.53. The van der Waals surface area contributed by atoms with Gasteiger partial charge in [-0.25, -0.2) is 4.39 Å². The molecule has 0 aromatic heterocycles. The molecule has 16 heavy (non-hydrogen) atoms. The standard InChI is InChI=1S/C11H13ClFNO2/c1-6-8(13)4-7(12)11(16-3)10(6)9(15)5-14-2/h4,14H,5H2,1-3H3. The van der Waals surface area contributed by atoms with Crippen molar-refractivity contribution in [2.45, 2.75) is 6.92 Å². The Morgan fingerprint density at radius 1 is 1.62 bits per heavy atom. The van der Waals surface area contributed by atoms with Crippen molar-refractivity contribution in [3.63, 3.8) is 0 Å². The summed E-state index contributed by atoms with van der Waals surface area (Å²) in [7, 11) is 3.04. The van der Waals surface area contributed by atoms with E-state index in [1.54, 1.807) is 7.05 Å². The highest BCUT2D eigenvalue weighted by molar-refractivity contribution is 6.32. The number of nitrogens with one attached hydrogen (secondary N) is 1. The number of benzene rings is 1. The van der Waals surface area contributed by atoms with Gasteiger partial charge in [-0.1, -0.05) is 11.6 Å². The number of ether oxygens (including phenoxy) is 1. The lowest BCUT2D eigenvalue weighted by molar-refractivity contribution is 0.0989. The average Bonchev–Trinajstić information content (AvgIpc) is 2.23. The molecule has 0 unspecified atom stereocenters. The summed E-state index contributed by atoms with van der Waals surface area (Å²) in [6.07, 6.45) is 0. The molecule has 0 fully saturated rings. The molecule has 0 spiro atoms. The summed E-state index contributed by atoms with van der Waals surface area (Å²) >= 11 is 5.81.